The van der Waals surface area contributed by atoms with Gasteiger partial charge in [0.1, 0.15) is 0 Å². The maximum absolute atomic E-state index is 2.89. The van der Waals surface area contributed by atoms with Crippen LogP contribution in [0.4, 0.5) is 0 Å². The third-order valence-corrected chi connectivity index (χ3v) is 2.73. The van der Waals surface area contributed by atoms with Crippen molar-refractivity contribution in [1.82, 2.24) is 0 Å². The molecule has 0 spiro atoms. The molecule has 0 radical (unpaired) electrons. The fourth-order valence-electron chi connectivity index (χ4n) is 1.10. The quantitative estimate of drug-likeness (QED) is 0.339. The van der Waals surface area contributed by atoms with Crippen LogP contribution in [0.5, 0.6) is 0 Å². The molecule has 1 saturated carbocycles. The fraction of sp³-hybridized carbons (Fsp3) is 1.00. The summed E-state index contributed by atoms with van der Waals surface area (Å²) in [4.78, 5) is 0. The molecular weight excluding hydrogens is 218 g/mol. The smallest absolute Gasteiger partial charge is 0.0367 e. The van der Waals surface area contributed by atoms with Crippen LogP contribution >= 0.6 is 31.8 Å². The molecule has 0 aliphatic heterocycles. The van der Waals surface area contributed by atoms with E-state index in [1.165, 1.54) is 12.8 Å². The first kappa shape index (κ1) is 6.28. The standard InChI is InChI=1S/C5H10IP/c1-4-2-5(6,7)3-4/h4H,2-3,7H2,1H3. The van der Waals surface area contributed by atoms with Gasteiger partial charge < -0.3 is 0 Å². The van der Waals surface area contributed by atoms with Crippen molar-refractivity contribution in [2.75, 3.05) is 0 Å². The highest BCUT2D eigenvalue weighted by molar-refractivity contribution is 14.1. The Morgan fingerprint density at radius 3 is 2.14 bits per heavy atom. The highest BCUT2D eigenvalue weighted by Gasteiger charge is 2.34. The lowest BCUT2D eigenvalue weighted by molar-refractivity contribution is 0.347. The lowest BCUT2D eigenvalue weighted by Gasteiger charge is -2.38. The number of rotatable bonds is 0. The zero-order chi connectivity index (χ0) is 5.49. The minimum absolute atomic E-state index is 0.581. The molecule has 0 amide bonds. The predicted molar refractivity (Wildman–Crippen MR) is 44.9 cm³/mol. The van der Waals surface area contributed by atoms with Gasteiger partial charge in [-0.05, 0) is 18.8 Å². The predicted octanol–water partition coefficient (Wildman–Crippen LogP) is 2.42. The van der Waals surface area contributed by atoms with E-state index in [2.05, 4.69) is 38.8 Å². The second-order valence-electron chi connectivity index (χ2n) is 2.55. The normalized spacial score (nSPS) is 51.0. The molecule has 0 N–H and O–H groups in total. The summed E-state index contributed by atoms with van der Waals surface area (Å²) in [6.07, 6.45) is 2.77. The Kier molecular flexibility index (Phi) is 1.65. The number of alkyl halides is 1. The number of halogens is 1. The van der Waals surface area contributed by atoms with Crippen molar-refractivity contribution in [1.29, 1.82) is 0 Å². The maximum Gasteiger partial charge on any atom is 0.0367 e. The third kappa shape index (κ3) is 1.53. The Morgan fingerprint density at radius 1 is 1.71 bits per heavy atom. The zero-order valence-electron chi connectivity index (χ0n) is 4.45. The molecule has 0 nitrogen and oxygen atoms in total. The zero-order valence-corrected chi connectivity index (χ0v) is 7.76. The summed E-state index contributed by atoms with van der Waals surface area (Å²) in [6, 6.07) is 0. The van der Waals surface area contributed by atoms with Gasteiger partial charge in [0.05, 0.1) is 0 Å². The van der Waals surface area contributed by atoms with Crippen LogP contribution in [0.2, 0.25) is 0 Å². The largest absolute Gasteiger partial charge is 0.121 e. The van der Waals surface area contributed by atoms with Crippen molar-refractivity contribution in [2.24, 2.45) is 5.92 Å². The van der Waals surface area contributed by atoms with Gasteiger partial charge in [-0.25, -0.2) is 0 Å². The van der Waals surface area contributed by atoms with Gasteiger partial charge >= 0.3 is 0 Å². The first-order valence-corrected chi connectivity index (χ1v) is 4.23. The maximum atomic E-state index is 2.89. The van der Waals surface area contributed by atoms with Crippen LogP contribution in [-0.4, -0.2) is 3.16 Å². The molecule has 1 aliphatic rings. The average Bonchev–Trinajstić information content (AvgIpc) is 1.27. The van der Waals surface area contributed by atoms with Crippen molar-refractivity contribution in [2.45, 2.75) is 22.9 Å². The van der Waals surface area contributed by atoms with Crippen molar-refractivity contribution in [3.05, 3.63) is 0 Å². The molecule has 0 aromatic heterocycles. The van der Waals surface area contributed by atoms with Gasteiger partial charge in [0.15, 0.2) is 0 Å². The van der Waals surface area contributed by atoms with E-state index in [1.54, 1.807) is 0 Å². The molecule has 0 aromatic rings. The molecule has 1 atom stereocenters. The molecule has 0 heterocycles. The Labute approximate surface area is 60.8 Å². The van der Waals surface area contributed by atoms with Gasteiger partial charge in [0, 0.05) is 3.16 Å². The van der Waals surface area contributed by atoms with Gasteiger partial charge in [-0.1, -0.05) is 29.5 Å². The van der Waals surface area contributed by atoms with Gasteiger partial charge in [0.2, 0.25) is 0 Å². The first-order chi connectivity index (χ1) is 3.10. The molecule has 1 fully saturated rings. The highest BCUT2D eigenvalue weighted by atomic mass is 127. The summed E-state index contributed by atoms with van der Waals surface area (Å²) in [7, 11) is 2.89. The van der Waals surface area contributed by atoms with Gasteiger partial charge in [-0.15, -0.1) is 9.24 Å². The van der Waals surface area contributed by atoms with Crippen LogP contribution in [0.3, 0.4) is 0 Å². The van der Waals surface area contributed by atoms with E-state index in [9.17, 15) is 0 Å². The number of hydrogen-bond acceptors (Lipinski definition) is 0. The second kappa shape index (κ2) is 1.84. The minimum atomic E-state index is 0.581. The Morgan fingerprint density at radius 2 is 2.14 bits per heavy atom. The van der Waals surface area contributed by atoms with Gasteiger partial charge in [-0.3, -0.25) is 0 Å². The summed E-state index contributed by atoms with van der Waals surface area (Å²) >= 11 is 2.51. The van der Waals surface area contributed by atoms with Crippen molar-refractivity contribution in [3.63, 3.8) is 0 Å². The van der Waals surface area contributed by atoms with Crippen LogP contribution < -0.4 is 0 Å². The Balaban J connectivity index is 2.29. The first-order valence-electron chi connectivity index (χ1n) is 2.58. The second-order valence-corrected chi connectivity index (χ2v) is 6.98. The van der Waals surface area contributed by atoms with Gasteiger partial charge in [-0.2, -0.15) is 0 Å². The summed E-state index contributed by atoms with van der Waals surface area (Å²) < 4.78 is 0.581. The van der Waals surface area contributed by atoms with E-state index in [0.29, 0.717) is 3.16 Å². The number of hydrogen-bond donors (Lipinski definition) is 0. The molecule has 1 aliphatic carbocycles. The van der Waals surface area contributed by atoms with Crippen LogP contribution in [0.25, 0.3) is 0 Å². The van der Waals surface area contributed by atoms with E-state index in [-0.39, 0.29) is 0 Å². The van der Waals surface area contributed by atoms with E-state index in [1.807, 2.05) is 0 Å². The molecule has 2 heteroatoms. The summed E-state index contributed by atoms with van der Waals surface area (Å²) in [5.41, 5.74) is 0. The van der Waals surface area contributed by atoms with E-state index in [0.717, 1.165) is 5.92 Å². The van der Waals surface area contributed by atoms with Crippen molar-refractivity contribution in [3.8, 4) is 0 Å². The molecule has 1 unspecified atom stereocenters. The van der Waals surface area contributed by atoms with Crippen molar-refractivity contribution < 1.29 is 0 Å². The van der Waals surface area contributed by atoms with Crippen LogP contribution in [0.15, 0.2) is 0 Å². The summed E-state index contributed by atoms with van der Waals surface area (Å²) in [5.74, 6) is 0.981. The van der Waals surface area contributed by atoms with Gasteiger partial charge in [0.25, 0.3) is 0 Å². The van der Waals surface area contributed by atoms with E-state index >= 15 is 0 Å². The SMILES string of the molecule is CC1CC(P)(I)C1. The van der Waals surface area contributed by atoms with Crippen LogP contribution in [0.1, 0.15) is 19.8 Å². The molecule has 1 rings (SSSR count). The molecular formula is C5H10IP. The molecule has 0 aromatic carbocycles. The molecule has 0 saturated heterocycles. The minimum Gasteiger partial charge on any atom is -0.121 e. The topological polar surface area (TPSA) is 0 Å². The Bertz CT molecular complexity index is 72.1. The molecule has 42 valence electrons. The monoisotopic (exact) mass is 228 g/mol. The summed E-state index contributed by atoms with van der Waals surface area (Å²) in [5, 5.41) is 0. The lowest BCUT2D eigenvalue weighted by Crippen LogP contribution is -2.29. The fourth-order valence-corrected chi connectivity index (χ4v) is 3.41. The molecule has 0 bridgehead atoms. The Hall–Kier alpha value is 1.16. The van der Waals surface area contributed by atoms with E-state index < -0.39 is 0 Å². The van der Waals surface area contributed by atoms with Crippen LogP contribution in [-0.2, 0) is 0 Å². The highest BCUT2D eigenvalue weighted by Crippen LogP contribution is 2.49. The third-order valence-electron chi connectivity index (χ3n) is 1.38. The van der Waals surface area contributed by atoms with E-state index in [4.69, 9.17) is 0 Å². The summed E-state index contributed by atoms with van der Waals surface area (Å²) in [6.45, 7) is 2.31. The lowest BCUT2D eigenvalue weighted by atomic mass is 9.87. The molecule has 7 heavy (non-hydrogen) atoms. The average molecular weight is 228 g/mol. The van der Waals surface area contributed by atoms with Crippen LogP contribution in [0, 0.1) is 5.92 Å². The van der Waals surface area contributed by atoms with Crippen molar-refractivity contribution >= 4 is 31.8 Å².